The Morgan fingerprint density at radius 1 is 0.913 bits per heavy atom. The highest BCUT2D eigenvalue weighted by molar-refractivity contribution is 7.92. The first kappa shape index (κ1) is 35.1. The molecule has 0 radical (unpaired) electrons. The number of carbonyl (C=O) groups is 2. The number of hydrogen-bond donors (Lipinski definition) is 1. The van der Waals surface area contributed by atoms with Crippen LogP contribution in [0, 0.1) is 13.8 Å². The molecule has 1 saturated carbocycles. The lowest BCUT2D eigenvalue weighted by molar-refractivity contribution is -0.140. The van der Waals surface area contributed by atoms with Gasteiger partial charge in [-0.2, -0.15) is 0 Å². The minimum atomic E-state index is -4.30. The number of nitrogens with zero attached hydrogens (tertiary/aromatic N) is 2. The van der Waals surface area contributed by atoms with E-state index in [4.69, 9.17) is 21.1 Å². The highest BCUT2D eigenvalue weighted by atomic mass is 35.5. The lowest BCUT2D eigenvalue weighted by Gasteiger charge is -2.34. The molecular formula is C35H44ClN3O6S. The van der Waals surface area contributed by atoms with Gasteiger partial charge in [0.2, 0.25) is 11.8 Å². The number of anilines is 1. The van der Waals surface area contributed by atoms with Crippen LogP contribution in [0.3, 0.4) is 0 Å². The van der Waals surface area contributed by atoms with Crippen LogP contribution in [-0.2, 0) is 26.2 Å². The summed E-state index contributed by atoms with van der Waals surface area (Å²) in [5.41, 5.74) is 2.78. The van der Waals surface area contributed by atoms with E-state index in [2.05, 4.69) is 5.32 Å². The Morgan fingerprint density at radius 2 is 1.54 bits per heavy atom. The standard InChI is InChI=1S/C35H44ClN3O6S/c1-6-31(35(41)37-28-10-8-7-9-11-28)38(22-26-12-14-27(36)15-13-26)34(40)23-39(29-19-24(2)18-25(3)20-29)46(42,43)30-16-17-32(44-4)33(21-30)45-5/h12-21,28,31H,6-11,22-23H2,1-5H3,(H,37,41)/t31-/m0/s1. The Balaban J connectivity index is 1.76. The highest BCUT2D eigenvalue weighted by Crippen LogP contribution is 2.33. The van der Waals surface area contributed by atoms with E-state index in [1.165, 1.54) is 37.3 Å². The van der Waals surface area contributed by atoms with Crippen LogP contribution in [0.25, 0.3) is 0 Å². The number of ether oxygens (including phenoxy) is 2. The van der Waals surface area contributed by atoms with Gasteiger partial charge in [0.1, 0.15) is 12.6 Å². The van der Waals surface area contributed by atoms with Crippen molar-refractivity contribution in [2.75, 3.05) is 25.1 Å². The van der Waals surface area contributed by atoms with Crippen molar-refractivity contribution < 1.29 is 27.5 Å². The van der Waals surface area contributed by atoms with E-state index in [0.29, 0.717) is 22.9 Å². The highest BCUT2D eigenvalue weighted by Gasteiger charge is 2.35. The van der Waals surface area contributed by atoms with Gasteiger partial charge < -0.3 is 19.7 Å². The lowest BCUT2D eigenvalue weighted by atomic mass is 9.95. The van der Waals surface area contributed by atoms with Crippen LogP contribution in [0.5, 0.6) is 11.5 Å². The molecule has 0 saturated heterocycles. The van der Waals surface area contributed by atoms with Crippen molar-refractivity contribution in [1.82, 2.24) is 10.2 Å². The molecule has 11 heteroatoms. The van der Waals surface area contributed by atoms with Crippen molar-refractivity contribution in [3.05, 3.63) is 82.4 Å². The summed E-state index contributed by atoms with van der Waals surface area (Å²) in [5, 5.41) is 3.72. The number of nitrogens with one attached hydrogen (secondary N) is 1. The zero-order valence-electron chi connectivity index (χ0n) is 27.2. The first-order chi connectivity index (χ1) is 22.0. The SMILES string of the molecule is CC[C@@H](C(=O)NC1CCCCC1)N(Cc1ccc(Cl)cc1)C(=O)CN(c1cc(C)cc(C)c1)S(=O)(=O)c1ccc(OC)c(OC)c1. The average Bonchev–Trinajstić information content (AvgIpc) is 3.03. The Hall–Kier alpha value is -3.76. The number of rotatable bonds is 13. The summed E-state index contributed by atoms with van der Waals surface area (Å²) in [7, 11) is -1.40. The van der Waals surface area contributed by atoms with Crippen LogP contribution < -0.4 is 19.1 Å². The molecule has 9 nitrogen and oxygen atoms in total. The maximum Gasteiger partial charge on any atom is 0.264 e. The number of aryl methyl sites for hydroxylation is 2. The summed E-state index contributed by atoms with van der Waals surface area (Å²) in [6, 6.07) is 16.0. The summed E-state index contributed by atoms with van der Waals surface area (Å²) in [4.78, 5) is 29.6. The van der Waals surface area contributed by atoms with Gasteiger partial charge in [-0.3, -0.25) is 13.9 Å². The van der Waals surface area contributed by atoms with Crippen molar-refractivity contribution in [1.29, 1.82) is 0 Å². The van der Waals surface area contributed by atoms with Crippen molar-refractivity contribution in [3.63, 3.8) is 0 Å². The van der Waals surface area contributed by atoms with Crippen LogP contribution >= 0.6 is 11.6 Å². The molecule has 2 amide bonds. The van der Waals surface area contributed by atoms with Gasteiger partial charge in [-0.25, -0.2) is 8.42 Å². The zero-order chi connectivity index (χ0) is 33.4. The Morgan fingerprint density at radius 3 is 2.13 bits per heavy atom. The van der Waals surface area contributed by atoms with Crippen molar-refractivity contribution in [3.8, 4) is 11.5 Å². The van der Waals surface area contributed by atoms with Crippen LogP contribution in [0.2, 0.25) is 5.02 Å². The maximum absolute atomic E-state index is 14.4. The largest absolute Gasteiger partial charge is 0.493 e. The maximum atomic E-state index is 14.4. The Bertz CT molecular complexity index is 1600. The number of amides is 2. The van der Waals surface area contributed by atoms with Gasteiger partial charge in [-0.1, -0.05) is 56.0 Å². The van der Waals surface area contributed by atoms with Crippen molar-refractivity contribution in [2.24, 2.45) is 0 Å². The quantitative estimate of drug-likeness (QED) is 0.225. The fraction of sp³-hybridized carbons (Fsp3) is 0.429. The van der Waals surface area contributed by atoms with Gasteiger partial charge in [-0.15, -0.1) is 0 Å². The molecule has 1 N–H and O–H groups in total. The van der Waals surface area contributed by atoms with E-state index < -0.39 is 28.5 Å². The number of hydrogen-bond acceptors (Lipinski definition) is 6. The van der Waals surface area contributed by atoms with Gasteiger partial charge in [-0.05, 0) is 86.2 Å². The minimum Gasteiger partial charge on any atom is -0.493 e. The smallest absolute Gasteiger partial charge is 0.264 e. The van der Waals surface area contributed by atoms with Gasteiger partial charge in [0, 0.05) is 23.7 Å². The summed E-state index contributed by atoms with van der Waals surface area (Å²) < 4.78 is 40.6. The van der Waals surface area contributed by atoms with Gasteiger partial charge >= 0.3 is 0 Å². The molecule has 0 aliphatic heterocycles. The third-order valence-electron chi connectivity index (χ3n) is 8.32. The molecule has 1 aliphatic carbocycles. The van der Waals surface area contributed by atoms with E-state index in [1.54, 1.807) is 36.4 Å². The van der Waals surface area contributed by atoms with Crippen LogP contribution in [0.4, 0.5) is 5.69 Å². The Labute approximate surface area is 277 Å². The molecule has 0 bridgehead atoms. The predicted octanol–water partition coefficient (Wildman–Crippen LogP) is 6.43. The topological polar surface area (TPSA) is 105 Å². The number of methoxy groups -OCH3 is 2. The summed E-state index contributed by atoms with van der Waals surface area (Å²) in [6.07, 6.45) is 5.40. The molecule has 0 heterocycles. The first-order valence-electron chi connectivity index (χ1n) is 15.6. The van der Waals surface area contributed by atoms with E-state index in [9.17, 15) is 18.0 Å². The number of benzene rings is 3. The monoisotopic (exact) mass is 669 g/mol. The van der Waals surface area contributed by atoms with Crippen LogP contribution in [0.15, 0.2) is 65.6 Å². The fourth-order valence-corrected chi connectivity index (χ4v) is 7.52. The fourth-order valence-electron chi connectivity index (χ4n) is 5.98. The second-order valence-corrected chi connectivity index (χ2v) is 14.1. The predicted molar refractivity (Wildman–Crippen MR) is 181 cm³/mol. The molecule has 1 fully saturated rings. The first-order valence-corrected chi connectivity index (χ1v) is 17.5. The zero-order valence-corrected chi connectivity index (χ0v) is 28.8. The Kier molecular flexibility index (Phi) is 12.0. The molecule has 3 aromatic carbocycles. The summed E-state index contributed by atoms with van der Waals surface area (Å²) in [6.45, 7) is 5.17. The molecule has 46 heavy (non-hydrogen) atoms. The molecular weight excluding hydrogens is 626 g/mol. The molecule has 248 valence electrons. The molecule has 1 atom stereocenters. The molecule has 3 aromatic rings. The van der Waals surface area contributed by atoms with E-state index in [-0.39, 0.29) is 29.1 Å². The third-order valence-corrected chi connectivity index (χ3v) is 10.3. The molecule has 0 unspecified atom stereocenters. The molecule has 1 aliphatic rings. The second-order valence-electron chi connectivity index (χ2n) is 11.8. The van der Waals surface area contributed by atoms with Crippen LogP contribution in [0.1, 0.15) is 62.1 Å². The van der Waals surface area contributed by atoms with Crippen molar-refractivity contribution >= 4 is 39.1 Å². The molecule has 4 rings (SSSR count). The lowest BCUT2D eigenvalue weighted by Crippen LogP contribution is -2.54. The van der Waals surface area contributed by atoms with Crippen LogP contribution in [-0.4, -0.2) is 58.0 Å². The summed E-state index contributed by atoms with van der Waals surface area (Å²) >= 11 is 6.14. The number of sulfonamides is 1. The van der Waals surface area contributed by atoms with E-state index in [1.807, 2.05) is 26.8 Å². The van der Waals surface area contributed by atoms with Gasteiger partial charge in [0.25, 0.3) is 10.0 Å². The number of carbonyl (C=O) groups excluding carboxylic acids is 2. The summed E-state index contributed by atoms with van der Waals surface area (Å²) in [5.74, 6) is -0.134. The van der Waals surface area contributed by atoms with Crippen molar-refractivity contribution in [2.45, 2.75) is 82.8 Å². The molecule has 0 spiro atoms. The number of halogens is 1. The van der Waals surface area contributed by atoms with E-state index in [0.717, 1.165) is 53.1 Å². The van der Waals surface area contributed by atoms with E-state index >= 15 is 0 Å². The normalized spacial score (nSPS) is 14.3. The average molecular weight is 670 g/mol. The minimum absolute atomic E-state index is 0.0555. The van der Waals surface area contributed by atoms with Gasteiger partial charge in [0.05, 0.1) is 24.8 Å². The van der Waals surface area contributed by atoms with Gasteiger partial charge in [0.15, 0.2) is 11.5 Å². The third kappa shape index (κ3) is 8.53. The second kappa shape index (κ2) is 15.7. The molecule has 0 aromatic heterocycles.